The van der Waals surface area contributed by atoms with E-state index in [1.54, 1.807) is 10.8 Å². The Kier molecular flexibility index (Phi) is 4.06. The topological polar surface area (TPSA) is 95.3 Å². The summed E-state index contributed by atoms with van der Waals surface area (Å²) in [5, 5.41) is 12.7. The Hall–Kier alpha value is -2.97. The van der Waals surface area contributed by atoms with Crippen molar-refractivity contribution in [1.29, 1.82) is 0 Å². The average molecular weight is 354 g/mol. The Bertz CT molecular complexity index is 1010. The lowest BCUT2D eigenvalue weighted by Gasteiger charge is -2.23. The number of aromatic nitrogens is 6. The van der Waals surface area contributed by atoms with Gasteiger partial charge in [-0.1, -0.05) is 6.92 Å². The summed E-state index contributed by atoms with van der Waals surface area (Å²) in [6.07, 6.45) is 3.82. The maximum absolute atomic E-state index is 12.5. The Morgan fingerprint density at radius 2 is 2.08 bits per heavy atom. The second-order valence-electron chi connectivity index (χ2n) is 6.67. The number of anilines is 2. The van der Waals surface area contributed by atoms with E-state index in [1.165, 1.54) is 0 Å². The summed E-state index contributed by atoms with van der Waals surface area (Å²) in [6, 6.07) is 2.07. The summed E-state index contributed by atoms with van der Waals surface area (Å²) < 4.78 is 1.72. The van der Waals surface area contributed by atoms with Gasteiger partial charge in [0.2, 0.25) is 11.6 Å². The highest BCUT2D eigenvalue weighted by Crippen LogP contribution is 2.23. The van der Waals surface area contributed by atoms with Gasteiger partial charge < -0.3 is 9.80 Å². The van der Waals surface area contributed by atoms with Crippen LogP contribution in [0.4, 0.5) is 11.6 Å². The molecule has 0 amide bonds. The molecule has 136 valence electrons. The number of hydrogen-bond acceptors (Lipinski definition) is 7. The van der Waals surface area contributed by atoms with Crippen molar-refractivity contribution >= 4 is 17.3 Å². The standard InChI is InChI=1S/C17H22N8O/c1-4-11-9-14(15-21-18-10-25(15)22-11)24-7-5-12-13(6-8-24)19-17(23(2)3)20-16(12)26/h9-10H,4-8H2,1-3H3,(H,19,20,26). The van der Waals surface area contributed by atoms with Gasteiger partial charge in [0, 0.05) is 39.2 Å². The molecule has 1 aliphatic heterocycles. The predicted molar refractivity (Wildman–Crippen MR) is 99.0 cm³/mol. The number of rotatable bonds is 3. The summed E-state index contributed by atoms with van der Waals surface area (Å²) >= 11 is 0. The van der Waals surface area contributed by atoms with Crippen LogP contribution in [0.25, 0.3) is 5.65 Å². The largest absolute Gasteiger partial charge is 0.368 e. The molecule has 4 heterocycles. The van der Waals surface area contributed by atoms with E-state index in [-0.39, 0.29) is 5.56 Å². The molecule has 0 aromatic carbocycles. The third-order valence-electron chi connectivity index (χ3n) is 4.76. The van der Waals surface area contributed by atoms with Crippen LogP contribution in [0.1, 0.15) is 23.9 Å². The molecule has 9 nitrogen and oxygen atoms in total. The predicted octanol–water partition coefficient (Wildman–Crippen LogP) is 0.441. The summed E-state index contributed by atoms with van der Waals surface area (Å²) in [4.78, 5) is 24.1. The van der Waals surface area contributed by atoms with Crippen molar-refractivity contribution in [3.8, 4) is 0 Å². The van der Waals surface area contributed by atoms with Crippen molar-refractivity contribution in [1.82, 2.24) is 29.8 Å². The summed E-state index contributed by atoms with van der Waals surface area (Å²) in [5.41, 5.74) is 4.34. The molecular weight excluding hydrogens is 332 g/mol. The third-order valence-corrected chi connectivity index (χ3v) is 4.76. The van der Waals surface area contributed by atoms with Crippen LogP contribution in [0.5, 0.6) is 0 Å². The van der Waals surface area contributed by atoms with Crippen LogP contribution in [0.3, 0.4) is 0 Å². The normalized spacial score (nSPS) is 14.3. The summed E-state index contributed by atoms with van der Waals surface area (Å²) in [7, 11) is 3.75. The van der Waals surface area contributed by atoms with Gasteiger partial charge in [-0.3, -0.25) is 9.78 Å². The summed E-state index contributed by atoms with van der Waals surface area (Å²) in [6.45, 7) is 3.58. The minimum atomic E-state index is -0.0443. The molecule has 0 fully saturated rings. The van der Waals surface area contributed by atoms with E-state index in [0.717, 1.165) is 47.8 Å². The van der Waals surface area contributed by atoms with Gasteiger partial charge >= 0.3 is 0 Å². The third kappa shape index (κ3) is 2.79. The first-order valence-corrected chi connectivity index (χ1v) is 8.81. The fraction of sp³-hybridized carbons (Fsp3) is 0.471. The number of nitrogens with one attached hydrogen (secondary N) is 1. The van der Waals surface area contributed by atoms with Gasteiger partial charge in [-0.05, 0) is 18.9 Å². The second-order valence-corrected chi connectivity index (χ2v) is 6.67. The van der Waals surface area contributed by atoms with Crippen LogP contribution in [-0.2, 0) is 19.3 Å². The molecule has 0 radical (unpaired) electrons. The monoisotopic (exact) mass is 354 g/mol. The summed E-state index contributed by atoms with van der Waals surface area (Å²) in [5.74, 6) is 0.597. The van der Waals surface area contributed by atoms with Crippen molar-refractivity contribution < 1.29 is 0 Å². The van der Waals surface area contributed by atoms with E-state index in [2.05, 4.69) is 43.2 Å². The van der Waals surface area contributed by atoms with E-state index < -0.39 is 0 Å². The molecule has 26 heavy (non-hydrogen) atoms. The molecule has 0 unspecified atom stereocenters. The zero-order chi connectivity index (χ0) is 18.3. The number of fused-ring (bicyclic) bond motifs is 2. The highest BCUT2D eigenvalue weighted by molar-refractivity contribution is 5.68. The molecule has 3 aromatic rings. The average Bonchev–Trinajstić information content (AvgIpc) is 2.99. The van der Waals surface area contributed by atoms with Crippen LogP contribution in [0.15, 0.2) is 17.2 Å². The van der Waals surface area contributed by atoms with E-state index in [4.69, 9.17) is 0 Å². The van der Waals surface area contributed by atoms with E-state index in [1.807, 2.05) is 19.0 Å². The fourth-order valence-corrected chi connectivity index (χ4v) is 3.31. The van der Waals surface area contributed by atoms with Crippen molar-refractivity contribution in [3.63, 3.8) is 0 Å². The Morgan fingerprint density at radius 1 is 1.27 bits per heavy atom. The number of aryl methyl sites for hydroxylation is 1. The van der Waals surface area contributed by atoms with Gasteiger partial charge in [0.15, 0.2) is 0 Å². The SMILES string of the molecule is CCc1cc(N2CCc3nc(N(C)C)[nH]c(=O)c3CC2)c2nncn2n1. The van der Waals surface area contributed by atoms with Crippen LogP contribution in [0.2, 0.25) is 0 Å². The van der Waals surface area contributed by atoms with E-state index in [9.17, 15) is 4.79 Å². The lowest BCUT2D eigenvalue weighted by atomic mass is 10.1. The van der Waals surface area contributed by atoms with Crippen molar-refractivity contribution in [2.75, 3.05) is 37.0 Å². The van der Waals surface area contributed by atoms with Gasteiger partial charge in [0.25, 0.3) is 5.56 Å². The highest BCUT2D eigenvalue weighted by Gasteiger charge is 2.22. The zero-order valence-electron chi connectivity index (χ0n) is 15.2. The minimum Gasteiger partial charge on any atom is -0.368 e. The van der Waals surface area contributed by atoms with E-state index >= 15 is 0 Å². The lowest BCUT2D eigenvalue weighted by molar-refractivity contribution is 0.785. The first-order valence-electron chi connectivity index (χ1n) is 8.81. The molecule has 0 saturated carbocycles. The van der Waals surface area contributed by atoms with Crippen molar-refractivity contribution in [2.45, 2.75) is 26.2 Å². The number of nitrogens with zero attached hydrogens (tertiary/aromatic N) is 7. The Balaban J connectivity index is 1.71. The first kappa shape index (κ1) is 16.5. The highest BCUT2D eigenvalue weighted by atomic mass is 16.1. The van der Waals surface area contributed by atoms with Gasteiger partial charge in [-0.2, -0.15) is 9.61 Å². The maximum atomic E-state index is 12.5. The Labute approximate surface area is 150 Å². The molecular formula is C17H22N8O. The van der Waals surface area contributed by atoms with Crippen molar-refractivity contribution in [2.24, 2.45) is 0 Å². The molecule has 3 aromatic heterocycles. The molecule has 0 aliphatic carbocycles. The lowest BCUT2D eigenvalue weighted by Crippen LogP contribution is -2.27. The molecule has 1 aliphatic rings. The Morgan fingerprint density at radius 3 is 2.85 bits per heavy atom. The van der Waals surface area contributed by atoms with Crippen LogP contribution < -0.4 is 15.4 Å². The molecule has 0 saturated heterocycles. The molecule has 0 bridgehead atoms. The van der Waals surface area contributed by atoms with Crippen LogP contribution >= 0.6 is 0 Å². The maximum Gasteiger partial charge on any atom is 0.255 e. The number of H-pyrrole nitrogens is 1. The van der Waals surface area contributed by atoms with Gasteiger partial charge in [0.1, 0.15) is 6.33 Å². The van der Waals surface area contributed by atoms with E-state index in [0.29, 0.717) is 18.8 Å². The fourth-order valence-electron chi connectivity index (χ4n) is 3.31. The van der Waals surface area contributed by atoms with Crippen LogP contribution in [0, 0.1) is 0 Å². The molecule has 4 rings (SSSR count). The minimum absolute atomic E-state index is 0.0443. The molecule has 0 atom stereocenters. The zero-order valence-corrected chi connectivity index (χ0v) is 15.2. The quantitative estimate of drug-likeness (QED) is 0.729. The van der Waals surface area contributed by atoms with Gasteiger partial charge in [-0.15, -0.1) is 10.2 Å². The first-order chi connectivity index (χ1) is 12.6. The number of aromatic amines is 1. The molecule has 9 heteroatoms. The van der Waals surface area contributed by atoms with Crippen LogP contribution in [-0.4, -0.2) is 57.0 Å². The second kappa shape index (κ2) is 6.40. The smallest absolute Gasteiger partial charge is 0.255 e. The molecule has 0 spiro atoms. The molecule has 1 N–H and O–H groups in total. The van der Waals surface area contributed by atoms with Crippen molar-refractivity contribution in [3.05, 3.63) is 39.7 Å². The number of hydrogen-bond donors (Lipinski definition) is 1. The van der Waals surface area contributed by atoms with Gasteiger partial charge in [-0.25, -0.2) is 4.98 Å². The van der Waals surface area contributed by atoms with Gasteiger partial charge in [0.05, 0.1) is 17.1 Å².